The maximum atomic E-state index is 12.7. The lowest BCUT2D eigenvalue weighted by molar-refractivity contribution is -0.138. The van der Waals surface area contributed by atoms with Gasteiger partial charge >= 0.3 is 6.03 Å². The van der Waals surface area contributed by atoms with Gasteiger partial charge in [-0.15, -0.1) is 0 Å². The molecule has 2 aromatic carbocycles. The average molecular weight is 351 g/mol. The number of carbonyl (C=O) groups excluding carboxylic acids is 3. The van der Waals surface area contributed by atoms with Crippen molar-refractivity contribution in [2.75, 3.05) is 0 Å². The zero-order chi connectivity index (χ0) is 18.7. The maximum Gasteiger partial charge on any atom is 0.344 e. The van der Waals surface area contributed by atoms with Gasteiger partial charge in [-0.1, -0.05) is 60.2 Å². The molecule has 2 aromatic rings. The largest absolute Gasteiger partial charge is 0.344 e. The first-order valence-corrected chi connectivity index (χ1v) is 8.47. The van der Waals surface area contributed by atoms with Gasteiger partial charge in [0.25, 0.3) is 5.91 Å². The molecule has 1 atom stereocenters. The first-order chi connectivity index (χ1) is 12.4. The van der Waals surface area contributed by atoms with Crippen LogP contribution < -0.4 is 10.7 Å². The van der Waals surface area contributed by atoms with E-state index in [1.165, 1.54) is 0 Å². The van der Waals surface area contributed by atoms with E-state index in [0.29, 0.717) is 12.0 Å². The highest BCUT2D eigenvalue weighted by Crippen LogP contribution is 2.27. The average Bonchev–Trinajstić information content (AvgIpc) is 2.85. The summed E-state index contributed by atoms with van der Waals surface area (Å²) in [6.07, 6.45) is 0.718. The third-order valence-corrected chi connectivity index (χ3v) is 4.50. The second-order valence-electron chi connectivity index (χ2n) is 6.59. The third kappa shape index (κ3) is 3.44. The summed E-state index contributed by atoms with van der Waals surface area (Å²) in [5.41, 5.74) is 4.05. The molecule has 6 nitrogen and oxygen atoms in total. The summed E-state index contributed by atoms with van der Waals surface area (Å²) in [4.78, 5) is 37.1. The maximum absolute atomic E-state index is 12.7. The number of nitrogens with zero attached hydrogens (tertiary/aromatic N) is 1. The molecule has 0 spiro atoms. The number of carbonyl (C=O) groups is 3. The van der Waals surface area contributed by atoms with Crippen molar-refractivity contribution in [3.8, 4) is 0 Å². The molecule has 1 saturated heterocycles. The number of amides is 4. The smallest absolute Gasteiger partial charge is 0.318 e. The fraction of sp³-hybridized carbons (Fsp3) is 0.250. The van der Waals surface area contributed by atoms with E-state index >= 15 is 0 Å². The summed E-state index contributed by atoms with van der Waals surface area (Å²) in [5.74, 6) is -0.884. The van der Waals surface area contributed by atoms with Crippen molar-refractivity contribution < 1.29 is 14.4 Å². The van der Waals surface area contributed by atoms with Crippen LogP contribution in [0.3, 0.4) is 0 Å². The molecule has 134 valence electrons. The van der Waals surface area contributed by atoms with Gasteiger partial charge in [0, 0.05) is 6.42 Å². The second kappa shape index (κ2) is 7.00. The van der Waals surface area contributed by atoms with E-state index in [2.05, 4.69) is 10.7 Å². The van der Waals surface area contributed by atoms with Crippen LogP contribution >= 0.6 is 0 Å². The molecule has 0 aliphatic carbocycles. The lowest BCUT2D eigenvalue weighted by Crippen LogP contribution is -2.48. The van der Waals surface area contributed by atoms with Crippen LogP contribution in [0.15, 0.2) is 54.6 Å². The predicted molar refractivity (Wildman–Crippen MR) is 96.8 cm³/mol. The molecule has 26 heavy (non-hydrogen) atoms. The minimum absolute atomic E-state index is 0.183. The van der Waals surface area contributed by atoms with E-state index in [-0.39, 0.29) is 12.3 Å². The van der Waals surface area contributed by atoms with Gasteiger partial charge in [-0.25, -0.2) is 4.79 Å². The van der Waals surface area contributed by atoms with Gasteiger partial charge in [-0.2, -0.15) is 5.01 Å². The summed E-state index contributed by atoms with van der Waals surface area (Å²) in [5, 5.41) is 3.43. The summed E-state index contributed by atoms with van der Waals surface area (Å²) >= 11 is 0. The summed E-state index contributed by atoms with van der Waals surface area (Å²) in [6, 6.07) is 16.2. The molecular weight excluding hydrogens is 330 g/mol. The van der Waals surface area contributed by atoms with E-state index in [4.69, 9.17) is 0 Å². The molecule has 2 N–H and O–H groups in total. The summed E-state index contributed by atoms with van der Waals surface area (Å²) in [6.45, 7) is 3.61. The molecule has 0 saturated carbocycles. The Kier molecular flexibility index (Phi) is 4.75. The fourth-order valence-electron chi connectivity index (χ4n) is 3.01. The van der Waals surface area contributed by atoms with Crippen LogP contribution in [0.4, 0.5) is 4.79 Å². The minimum atomic E-state index is -1.19. The van der Waals surface area contributed by atoms with Crippen molar-refractivity contribution in [2.45, 2.75) is 32.2 Å². The molecule has 6 heteroatoms. The van der Waals surface area contributed by atoms with Gasteiger partial charge in [0.05, 0.1) is 0 Å². The summed E-state index contributed by atoms with van der Waals surface area (Å²) in [7, 11) is 0. The van der Waals surface area contributed by atoms with Crippen molar-refractivity contribution in [3.63, 3.8) is 0 Å². The zero-order valence-corrected chi connectivity index (χ0v) is 14.8. The Hall–Kier alpha value is -3.15. The van der Waals surface area contributed by atoms with E-state index < -0.39 is 17.5 Å². The van der Waals surface area contributed by atoms with Gasteiger partial charge in [-0.05, 0) is 31.4 Å². The highest BCUT2D eigenvalue weighted by atomic mass is 16.2. The number of imide groups is 1. The predicted octanol–water partition coefficient (Wildman–Crippen LogP) is 2.43. The van der Waals surface area contributed by atoms with Crippen LogP contribution in [0.25, 0.3) is 0 Å². The Balaban J connectivity index is 1.65. The normalized spacial score (nSPS) is 19.4. The van der Waals surface area contributed by atoms with Crippen LogP contribution in [0.5, 0.6) is 0 Å². The van der Waals surface area contributed by atoms with Gasteiger partial charge in [0.2, 0.25) is 5.91 Å². The molecule has 1 aliphatic rings. The standard InChI is InChI=1S/C20H21N3O3/c1-14-7-6-8-15(13-14)11-12-17(24)22-23-18(25)20(2,21-19(23)26)16-9-4-3-5-10-16/h3-10,13H,11-12H2,1-2H3,(H,21,26)(H,22,24). The first kappa shape index (κ1) is 17.7. The van der Waals surface area contributed by atoms with E-state index in [1.54, 1.807) is 31.2 Å². The number of rotatable bonds is 5. The summed E-state index contributed by atoms with van der Waals surface area (Å²) < 4.78 is 0. The number of nitrogens with one attached hydrogen (secondary N) is 2. The van der Waals surface area contributed by atoms with Crippen molar-refractivity contribution in [2.24, 2.45) is 0 Å². The van der Waals surface area contributed by atoms with Crippen LogP contribution in [-0.2, 0) is 21.5 Å². The monoisotopic (exact) mass is 351 g/mol. The molecule has 1 aliphatic heterocycles. The van der Waals surface area contributed by atoms with Crippen molar-refractivity contribution >= 4 is 17.8 Å². The van der Waals surface area contributed by atoms with Crippen LogP contribution in [0.2, 0.25) is 0 Å². The number of hydrazine groups is 1. The van der Waals surface area contributed by atoms with Crippen molar-refractivity contribution in [1.82, 2.24) is 15.8 Å². The Labute approximate surface area is 152 Å². The molecule has 0 radical (unpaired) electrons. The number of aryl methyl sites for hydroxylation is 2. The molecule has 1 heterocycles. The lowest BCUT2D eigenvalue weighted by Gasteiger charge is -2.22. The Morgan fingerprint density at radius 1 is 1.12 bits per heavy atom. The SMILES string of the molecule is Cc1cccc(CCC(=O)NN2C(=O)NC(C)(c3ccccc3)C2=O)c1. The number of hydrogen-bond acceptors (Lipinski definition) is 3. The molecule has 0 aromatic heterocycles. The minimum Gasteiger partial charge on any atom is -0.318 e. The Bertz CT molecular complexity index is 850. The fourth-order valence-corrected chi connectivity index (χ4v) is 3.01. The molecule has 3 rings (SSSR count). The Morgan fingerprint density at radius 2 is 1.85 bits per heavy atom. The lowest BCUT2D eigenvalue weighted by atomic mass is 9.92. The van der Waals surface area contributed by atoms with Crippen LogP contribution in [0.1, 0.15) is 30.0 Å². The van der Waals surface area contributed by atoms with Gasteiger partial charge in [0.15, 0.2) is 0 Å². The quantitative estimate of drug-likeness (QED) is 0.812. The van der Waals surface area contributed by atoms with Gasteiger partial charge in [0.1, 0.15) is 5.54 Å². The third-order valence-electron chi connectivity index (χ3n) is 4.50. The van der Waals surface area contributed by atoms with E-state index in [9.17, 15) is 14.4 Å². The molecule has 1 fully saturated rings. The second-order valence-corrected chi connectivity index (χ2v) is 6.59. The van der Waals surface area contributed by atoms with E-state index in [0.717, 1.165) is 16.1 Å². The topological polar surface area (TPSA) is 78.5 Å². The molecule has 1 unspecified atom stereocenters. The van der Waals surface area contributed by atoms with Crippen molar-refractivity contribution in [3.05, 3.63) is 71.3 Å². The number of urea groups is 1. The van der Waals surface area contributed by atoms with Crippen LogP contribution in [-0.4, -0.2) is 22.9 Å². The van der Waals surface area contributed by atoms with Gasteiger partial charge in [-0.3, -0.25) is 15.0 Å². The Morgan fingerprint density at radius 3 is 2.54 bits per heavy atom. The van der Waals surface area contributed by atoms with Crippen molar-refractivity contribution in [1.29, 1.82) is 0 Å². The van der Waals surface area contributed by atoms with E-state index in [1.807, 2.05) is 37.3 Å². The number of benzene rings is 2. The molecular formula is C20H21N3O3. The van der Waals surface area contributed by atoms with Gasteiger partial charge < -0.3 is 5.32 Å². The van der Waals surface area contributed by atoms with Crippen LogP contribution in [0, 0.1) is 6.92 Å². The highest BCUT2D eigenvalue weighted by Gasteiger charge is 2.49. The molecule has 0 bridgehead atoms. The number of hydrogen-bond donors (Lipinski definition) is 2. The molecule has 4 amide bonds. The zero-order valence-electron chi connectivity index (χ0n) is 14.8. The first-order valence-electron chi connectivity index (χ1n) is 8.47. The highest BCUT2D eigenvalue weighted by molar-refractivity contribution is 6.08.